The molecule has 2 heterocycles. The first-order valence-corrected chi connectivity index (χ1v) is 9.05. The van der Waals surface area contributed by atoms with Crippen LogP contribution in [0.25, 0.3) is 0 Å². The Labute approximate surface area is 170 Å². The highest BCUT2D eigenvalue weighted by Gasteiger charge is 2.54. The number of fused-ring (bicyclic) bond motifs is 6. The minimum atomic E-state index is -1.39. The summed E-state index contributed by atoms with van der Waals surface area (Å²) in [6, 6.07) is 14.4. The molecule has 0 aromatic heterocycles. The van der Waals surface area contributed by atoms with Gasteiger partial charge in [0.2, 0.25) is 0 Å². The molecule has 0 aliphatic carbocycles. The van der Waals surface area contributed by atoms with Crippen LogP contribution in [0.2, 0.25) is 0 Å². The van der Waals surface area contributed by atoms with Crippen LogP contribution in [0, 0.1) is 10.1 Å². The van der Waals surface area contributed by atoms with Crippen LogP contribution in [0.3, 0.4) is 0 Å². The van der Waals surface area contributed by atoms with Crippen molar-refractivity contribution in [3.8, 4) is 23.0 Å². The lowest BCUT2D eigenvalue weighted by Crippen LogP contribution is -2.33. The van der Waals surface area contributed by atoms with Gasteiger partial charge in [0.15, 0.2) is 5.60 Å². The first kappa shape index (κ1) is 18.0. The van der Waals surface area contributed by atoms with Crippen molar-refractivity contribution in [1.82, 2.24) is 0 Å². The maximum Gasteiger partial charge on any atom is 0.340 e. The number of non-ortho nitro benzene ring substituents is 1. The molecule has 0 fully saturated rings. The molecular formula is C22H15NO7. The number of ether oxygens (including phenoxy) is 4. The van der Waals surface area contributed by atoms with Gasteiger partial charge in [-0.25, -0.2) is 4.79 Å². The second kappa shape index (κ2) is 6.21. The molecule has 2 aliphatic rings. The summed E-state index contributed by atoms with van der Waals surface area (Å²) in [5.74, 6) is 1.38. The molecule has 0 saturated carbocycles. The number of esters is 1. The minimum absolute atomic E-state index is 0.136. The number of hydrogen-bond acceptors (Lipinski definition) is 7. The zero-order valence-electron chi connectivity index (χ0n) is 16.0. The molecule has 0 saturated heterocycles. The predicted molar refractivity (Wildman–Crippen MR) is 104 cm³/mol. The van der Waals surface area contributed by atoms with Crippen LogP contribution in [-0.4, -0.2) is 25.1 Å². The average Bonchev–Trinajstić information content (AvgIpc) is 3.05. The van der Waals surface area contributed by atoms with Crippen molar-refractivity contribution in [2.45, 2.75) is 5.60 Å². The van der Waals surface area contributed by atoms with Crippen LogP contribution in [0.4, 0.5) is 5.69 Å². The van der Waals surface area contributed by atoms with Gasteiger partial charge in [-0.05, 0) is 30.3 Å². The minimum Gasteiger partial charge on any atom is -0.497 e. The zero-order chi connectivity index (χ0) is 21.0. The highest BCUT2D eigenvalue weighted by Crippen LogP contribution is 2.57. The van der Waals surface area contributed by atoms with Crippen LogP contribution in [0.1, 0.15) is 27.0 Å². The molecule has 0 radical (unpaired) electrons. The van der Waals surface area contributed by atoms with E-state index in [-0.39, 0.29) is 11.3 Å². The molecule has 8 heteroatoms. The molecule has 3 aromatic carbocycles. The fourth-order valence-electron chi connectivity index (χ4n) is 4.04. The average molecular weight is 405 g/mol. The Balaban J connectivity index is 1.86. The van der Waals surface area contributed by atoms with E-state index in [1.54, 1.807) is 36.4 Å². The number of hydrogen-bond donors (Lipinski definition) is 0. The summed E-state index contributed by atoms with van der Waals surface area (Å²) in [6.07, 6.45) is 0. The highest BCUT2D eigenvalue weighted by atomic mass is 16.6. The molecule has 0 unspecified atom stereocenters. The van der Waals surface area contributed by atoms with Crippen molar-refractivity contribution in [2.75, 3.05) is 14.2 Å². The van der Waals surface area contributed by atoms with Gasteiger partial charge in [-0.2, -0.15) is 0 Å². The smallest absolute Gasteiger partial charge is 0.340 e. The summed E-state index contributed by atoms with van der Waals surface area (Å²) in [6.45, 7) is 0. The van der Waals surface area contributed by atoms with Gasteiger partial charge in [0.05, 0.1) is 24.7 Å². The lowest BCUT2D eigenvalue weighted by Gasteiger charge is -2.36. The third-order valence-corrected chi connectivity index (χ3v) is 5.42. The van der Waals surface area contributed by atoms with Gasteiger partial charge in [0, 0.05) is 41.0 Å². The summed E-state index contributed by atoms with van der Waals surface area (Å²) < 4.78 is 22.7. The summed E-state index contributed by atoms with van der Waals surface area (Å²) in [7, 11) is 3.07. The van der Waals surface area contributed by atoms with Gasteiger partial charge in [0.25, 0.3) is 5.69 Å². The van der Waals surface area contributed by atoms with Crippen LogP contribution in [0.5, 0.6) is 23.0 Å². The quantitative estimate of drug-likeness (QED) is 0.366. The normalized spacial score (nSPS) is 14.8. The van der Waals surface area contributed by atoms with Crippen molar-refractivity contribution >= 4 is 11.7 Å². The van der Waals surface area contributed by atoms with Gasteiger partial charge in [-0.15, -0.1) is 0 Å². The van der Waals surface area contributed by atoms with E-state index in [0.29, 0.717) is 39.7 Å². The van der Waals surface area contributed by atoms with E-state index in [4.69, 9.17) is 18.9 Å². The van der Waals surface area contributed by atoms with Gasteiger partial charge in [0.1, 0.15) is 23.0 Å². The van der Waals surface area contributed by atoms with Crippen molar-refractivity contribution in [2.24, 2.45) is 0 Å². The van der Waals surface area contributed by atoms with Gasteiger partial charge >= 0.3 is 5.97 Å². The fourth-order valence-corrected chi connectivity index (χ4v) is 4.04. The molecule has 0 N–H and O–H groups in total. The molecule has 0 amide bonds. The predicted octanol–water partition coefficient (Wildman–Crippen LogP) is 4.18. The Morgan fingerprint density at radius 3 is 2.00 bits per heavy atom. The Morgan fingerprint density at radius 1 is 0.867 bits per heavy atom. The number of carbonyl (C=O) groups excluding carboxylic acids is 1. The van der Waals surface area contributed by atoms with E-state index in [2.05, 4.69) is 0 Å². The molecule has 5 rings (SSSR count). The molecule has 2 aliphatic heterocycles. The first-order chi connectivity index (χ1) is 14.5. The topological polar surface area (TPSA) is 97.1 Å². The van der Waals surface area contributed by atoms with Gasteiger partial charge < -0.3 is 18.9 Å². The van der Waals surface area contributed by atoms with E-state index >= 15 is 0 Å². The molecular weight excluding hydrogens is 390 g/mol. The number of nitro groups is 1. The maximum absolute atomic E-state index is 12.8. The highest BCUT2D eigenvalue weighted by molar-refractivity contribution is 5.97. The first-order valence-electron chi connectivity index (χ1n) is 9.05. The standard InChI is InChI=1S/C22H15NO7/c1-27-13-4-7-16-19(10-13)29-20-11-14(28-2)5-8-17(20)22(16)18-9-12(23(25)26)3-6-15(18)21(24)30-22/h3-11H,1-2H3. The number of benzene rings is 3. The number of nitrogens with zero attached hydrogens (tertiary/aromatic N) is 1. The third-order valence-electron chi connectivity index (χ3n) is 5.42. The summed E-state index contributed by atoms with van der Waals surface area (Å²) in [5, 5.41) is 11.4. The number of rotatable bonds is 3. The van der Waals surface area contributed by atoms with Crippen molar-refractivity contribution in [3.05, 3.63) is 87.0 Å². The van der Waals surface area contributed by atoms with Crippen LogP contribution < -0.4 is 14.2 Å². The van der Waals surface area contributed by atoms with E-state index in [9.17, 15) is 14.9 Å². The zero-order valence-corrected chi connectivity index (χ0v) is 16.0. The van der Waals surface area contributed by atoms with Crippen molar-refractivity contribution in [3.63, 3.8) is 0 Å². The molecule has 0 bridgehead atoms. The molecule has 8 nitrogen and oxygen atoms in total. The van der Waals surface area contributed by atoms with Crippen molar-refractivity contribution in [1.29, 1.82) is 0 Å². The van der Waals surface area contributed by atoms with Crippen molar-refractivity contribution < 1.29 is 28.7 Å². The number of carbonyl (C=O) groups is 1. The Morgan fingerprint density at radius 2 is 1.47 bits per heavy atom. The fraction of sp³-hybridized carbons (Fsp3) is 0.136. The van der Waals surface area contributed by atoms with Crippen LogP contribution >= 0.6 is 0 Å². The molecule has 30 heavy (non-hydrogen) atoms. The van der Waals surface area contributed by atoms with Crippen LogP contribution in [0.15, 0.2) is 54.6 Å². The lowest BCUT2D eigenvalue weighted by molar-refractivity contribution is -0.385. The van der Waals surface area contributed by atoms with Gasteiger partial charge in [-0.3, -0.25) is 10.1 Å². The van der Waals surface area contributed by atoms with E-state index < -0.39 is 16.5 Å². The molecule has 3 aromatic rings. The SMILES string of the molecule is COc1ccc2c(c1)Oc1cc(OC)ccc1C21OC(=O)c2ccc([N+](=O)[O-])cc21. The lowest BCUT2D eigenvalue weighted by atomic mass is 9.77. The Kier molecular flexibility index (Phi) is 3.73. The largest absolute Gasteiger partial charge is 0.497 e. The van der Waals surface area contributed by atoms with Crippen LogP contribution in [-0.2, 0) is 10.3 Å². The molecule has 150 valence electrons. The Bertz CT molecular complexity index is 1180. The second-order valence-corrected chi connectivity index (χ2v) is 6.88. The van der Waals surface area contributed by atoms with Gasteiger partial charge in [-0.1, -0.05) is 0 Å². The maximum atomic E-state index is 12.8. The van der Waals surface area contributed by atoms with E-state index in [1.807, 2.05) is 0 Å². The monoisotopic (exact) mass is 405 g/mol. The summed E-state index contributed by atoms with van der Waals surface area (Å²) in [5.41, 5.74) is 0.235. The number of nitro benzene ring substituents is 1. The summed E-state index contributed by atoms with van der Waals surface area (Å²) >= 11 is 0. The summed E-state index contributed by atoms with van der Waals surface area (Å²) in [4.78, 5) is 23.7. The Hall–Kier alpha value is -4.07. The third kappa shape index (κ3) is 2.30. The molecule has 0 atom stereocenters. The van der Waals surface area contributed by atoms with E-state index in [0.717, 1.165) is 0 Å². The number of methoxy groups -OCH3 is 2. The van der Waals surface area contributed by atoms with E-state index in [1.165, 1.54) is 32.4 Å². The second-order valence-electron chi connectivity index (χ2n) is 6.88. The molecule has 1 spiro atoms.